The molecule has 1 aliphatic rings. The second-order valence-electron chi connectivity index (χ2n) is 5.54. The van der Waals surface area contributed by atoms with E-state index in [0.29, 0.717) is 19.5 Å². The lowest BCUT2D eigenvalue weighted by Gasteiger charge is -2.15. The van der Waals surface area contributed by atoms with Crippen molar-refractivity contribution in [1.82, 2.24) is 19.2 Å². The third-order valence-corrected chi connectivity index (χ3v) is 6.69. The molecule has 1 aliphatic heterocycles. The van der Waals surface area contributed by atoms with Crippen LogP contribution in [0.15, 0.2) is 0 Å². The minimum Gasteiger partial charge on any atom is -0.349 e. The molecule has 2 heterocycles. The van der Waals surface area contributed by atoms with Gasteiger partial charge in [-0.15, -0.1) is 5.10 Å². The van der Waals surface area contributed by atoms with Crippen molar-refractivity contribution in [2.24, 2.45) is 0 Å². The first-order valence-corrected chi connectivity index (χ1v) is 9.84. The van der Waals surface area contributed by atoms with Crippen LogP contribution in [-0.2, 0) is 14.8 Å². The van der Waals surface area contributed by atoms with Crippen LogP contribution in [0, 0.1) is 6.92 Å². The molecular formula is C13H22N4O3S2. The molecule has 1 unspecified atom stereocenters. The molecule has 0 saturated carbocycles. The zero-order valence-electron chi connectivity index (χ0n) is 12.9. The van der Waals surface area contributed by atoms with Crippen molar-refractivity contribution in [3.05, 3.63) is 10.6 Å². The number of amides is 1. The van der Waals surface area contributed by atoms with Crippen LogP contribution in [-0.4, -0.2) is 47.1 Å². The number of rotatable bonds is 7. The van der Waals surface area contributed by atoms with E-state index in [1.165, 1.54) is 15.8 Å². The highest BCUT2D eigenvalue weighted by Gasteiger charge is 2.25. The Balaban J connectivity index is 1.75. The van der Waals surface area contributed by atoms with Crippen LogP contribution in [0.3, 0.4) is 0 Å². The van der Waals surface area contributed by atoms with Gasteiger partial charge < -0.3 is 5.32 Å². The van der Waals surface area contributed by atoms with Crippen LogP contribution in [0.2, 0.25) is 0 Å². The number of aromatic nitrogens is 2. The minimum atomic E-state index is -3.20. The fourth-order valence-corrected chi connectivity index (χ4v) is 4.75. The number of aryl methyl sites for hydroxylation is 1. The van der Waals surface area contributed by atoms with Crippen LogP contribution >= 0.6 is 11.5 Å². The molecule has 1 saturated heterocycles. The summed E-state index contributed by atoms with van der Waals surface area (Å²) < 4.78 is 29.5. The summed E-state index contributed by atoms with van der Waals surface area (Å²) >= 11 is 1.27. The van der Waals surface area contributed by atoms with Crippen LogP contribution < -0.4 is 5.32 Å². The third-order valence-electron chi connectivity index (χ3n) is 3.72. The molecule has 7 nitrogen and oxygen atoms in total. The summed E-state index contributed by atoms with van der Waals surface area (Å²) in [5.74, 6) is -0.104. The highest BCUT2D eigenvalue weighted by Crippen LogP contribution is 2.19. The molecule has 1 atom stereocenters. The predicted molar refractivity (Wildman–Crippen MR) is 85.0 cm³/mol. The SMILES string of the molecule is Cc1nnsc1C(C)NC(=O)CCCS(=O)(=O)N1CCCC1. The van der Waals surface area contributed by atoms with Crippen LogP contribution in [0.1, 0.15) is 49.2 Å². The lowest BCUT2D eigenvalue weighted by Crippen LogP contribution is -2.31. The van der Waals surface area contributed by atoms with Gasteiger partial charge in [-0.3, -0.25) is 4.79 Å². The van der Waals surface area contributed by atoms with Gasteiger partial charge in [-0.25, -0.2) is 12.7 Å². The Morgan fingerprint density at radius 3 is 2.68 bits per heavy atom. The maximum Gasteiger partial charge on any atom is 0.220 e. The minimum absolute atomic E-state index is 0.0376. The number of carbonyl (C=O) groups is 1. The quantitative estimate of drug-likeness (QED) is 0.801. The second kappa shape index (κ2) is 7.47. The summed E-state index contributed by atoms with van der Waals surface area (Å²) in [6, 6.07) is -0.150. The molecule has 0 spiro atoms. The normalized spacial score (nSPS) is 17.5. The van der Waals surface area contributed by atoms with Gasteiger partial charge in [0.05, 0.1) is 22.4 Å². The van der Waals surface area contributed by atoms with Crippen molar-refractivity contribution < 1.29 is 13.2 Å². The number of nitrogens with zero attached hydrogens (tertiary/aromatic N) is 3. The van der Waals surface area contributed by atoms with Gasteiger partial charge in [0, 0.05) is 19.5 Å². The lowest BCUT2D eigenvalue weighted by molar-refractivity contribution is -0.121. The molecule has 1 N–H and O–H groups in total. The molecule has 1 aromatic rings. The van der Waals surface area contributed by atoms with E-state index in [0.717, 1.165) is 23.4 Å². The lowest BCUT2D eigenvalue weighted by atomic mass is 10.2. The first-order chi connectivity index (χ1) is 10.4. The molecule has 0 aliphatic carbocycles. The molecule has 0 radical (unpaired) electrons. The summed E-state index contributed by atoms with van der Waals surface area (Å²) in [4.78, 5) is 12.8. The zero-order chi connectivity index (χ0) is 16.2. The third kappa shape index (κ3) is 4.47. The zero-order valence-corrected chi connectivity index (χ0v) is 14.5. The first kappa shape index (κ1) is 17.3. The van der Waals surface area contributed by atoms with E-state index in [1.54, 1.807) is 0 Å². The largest absolute Gasteiger partial charge is 0.349 e. The Hall–Kier alpha value is -1.06. The van der Waals surface area contributed by atoms with E-state index in [4.69, 9.17) is 0 Å². The Kier molecular flexibility index (Phi) is 5.87. The maximum atomic E-state index is 12.0. The van der Waals surface area contributed by atoms with E-state index in [2.05, 4.69) is 14.9 Å². The molecule has 1 amide bonds. The number of carbonyl (C=O) groups excluding carboxylic acids is 1. The molecule has 1 fully saturated rings. The Labute approximate surface area is 135 Å². The van der Waals surface area contributed by atoms with Crippen molar-refractivity contribution in [3.8, 4) is 0 Å². The molecule has 0 aromatic carbocycles. The van der Waals surface area contributed by atoms with Crippen molar-refractivity contribution in [2.45, 2.75) is 45.6 Å². The summed E-state index contributed by atoms with van der Waals surface area (Å²) in [6.07, 6.45) is 2.42. The molecule has 0 bridgehead atoms. The van der Waals surface area contributed by atoms with E-state index in [-0.39, 0.29) is 24.1 Å². The molecule has 2 rings (SSSR count). The van der Waals surface area contributed by atoms with Gasteiger partial charge in [-0.05, 0) is 44.6 Å². The van der Waals surface area contributed by atoms with Crippen molar-refractivity contribution >= 4 is 27.5 Å². The number of hydrogen-bond donors (Lipinski definition) is 1. The van der Waals surface area contributed by atoms with E-state index in [1.807, 2.05) is 13.8 Å². The molecular weight excluding hydrogens is 324 g/mol. The summed E-state index contributed by atoms with van der Waals surface area (Å²) in [6.45, 7) is 4.96. The number of nitrogens with one attached hydrogen (secondary N) is 1. The summed E-state index contributed by atoms with van der Waals surface area (Å²) in [7, 11) is -3.20. The van der Waals surface area contributed by atoms with Crippen molar-refractivity contribution in [1.29, 1.82) is 0 Å². The second-order valence-corrected chi connectivity index (χ2v) is 8.41. The average Bonchev–Trinajstić information content (AvgIpc) is 3.09. The smallest absolute Gasteiger partial charge is 0.220 e. The molecule has 22 heavy (non-hydrogen) atoms. The summed E-state index contributed by atoms with van der Waals surface area (Å²) in [5.41, 5.74) is 0.814. The average molecular weight is 346 g/mol. The van der Waals surface area contributed by atoms with Crippen molar-refractivity contribution in [2.75, 3.05) is 18.8 Å². The number of sulfonamides is 1. The topological polar surface area (TPSA) is 92.3 Å². The highest BCUT2D eigenvalue weighted by atomic mass is 32.2. The van der Waals surface area contributed by atoms with Crippen LogP contribution in [0.25, 0.3) is 0 Å². The Morgan fingerprint density at radius 2 is 2.09 bits per heavy atom. The van der Waals surface area contributed by atoms with Crippen LogP contribution in [0.5, 0.6) is 0 Å². The van der Waals surface area contributed by atoms with Crippen molar-refractivity contribution in [3.63, 3.8) is 0 Å². The molecule has 124 valence electrons. The predicted octanol–water partition coefficient (Wildman–Crippen LogP) is 1.23. The van der Waals surface area contributed by atoms with Crippen LogP contribution in [0.4, 0.5) is 0 Å². The van der Waals surface area contributed by atoms with Gasteiger partial charge in [0.15, 0.2) is 0 Å². The van der Waals surface area contributed by atoms with Gasteiger partial charge in [0.25, 0.3) is 0 Å². The fourth-order valence-electron chi connectivity index (χ4n) is 2.52. The fraction of sp³-hybridized carbons (Fsp3) is 0.769. The van der Waals surface area contributed by atoms with Gasteiger partial charge >= 0.3 is 0 Å². The van der Waals surface area contributed by atoms with Gasteiger partial charge in [0.2, 0.25) is 15.9 Å². The Morgan fingerprint density at radius 1 is 1.41 bits per heavy atom. The van der Waals surface area contributed by atoms with E-state index >= 15 is 0 Å². The maximum absolute atomic E-state index is 12.0. The van der Waals surface area contributed by atoms with Gasteiger partial charge in [-0.1, -0.05) is 4.49 Å². The van der Waals surface area contributed by atoms with Gasteiger partial charge in [0.1, 0.15) is 0 Å². The van der Waals surface area contributed by atoms with E-state index in [9.17, 15) is 13.2 Å². The van der Waals surface area contributed by atoms with E-state index < -0.39 is 10.0 Å². The van der Waals surface area contributed by atoms with Gasteiger partial charge in [-0.2, -0.15) is 0 Å². The summed E-state index contributed by atoms with van der Waals surface area (Å²) in [5, 5.41) is 6.78. The highest BCUT2D eigenvalue weighted by molar-refractivity contribution is 7.89. The molecule has 9 heteroatoms. The monoisotopic (exact) mass is 346 g/mol. The first-order valence-electron chi connectivity index (χ1n) is 7.46. The number of hydrogen-bond acceptors (Lipinski definition) is 6. The standard InChI is InChI=1S/C13H22N4O3S2/c1-10(13-11(2)15-16-21-13)14-12(18)6-5-9-22(19,20)17-7-3-4-8-17/h10H,3-9H2,1-2H3,(H,14,18). The Bertz CT molecular complexity index is 609. The molecule has 1 aromatic heterocycles.